The van der Waals surface area contributed by atoms with Gasteiger partial charge in [-0.3, -0.25) is 19.6 Å². The van der Waals surface area contributed by atoms with Crippen molar-refractivity contribution in [3.63, 3.8) is 0 Å². The Morgan fingerprint density at radius 1 is 1.19 bits per heavy atom. The summed E-state index contributed by atoms with van der Waals surface area (Å²) in [4.78, 5) is 22.3. The zero-order valence-electron chi connectivity index (χ0n) is 14.9. The van der Waals surface area contributed by atoms with Crippen molar-refractivity contribution < 1.29 is 22.9 Å². The molecule has 144 valence electrons. The van der Waals surface area contributed by atoms with E-state index in [9.17, 15) is 23.3 Å². The summed E-state index contributed by atoms with van der Waals surface area (Å²) in [6.07, 6.45) is 0. The number of nitrogens with one attached hydrogen (secondary N) is 2. The fraction of sp³-hybridized carbons (Fsp3) is 0.235. The lowest BCUT2D eigenvalue weighted by Gasteiger charge is -2.14. The minimum atomic E-state index is -4.07. The second-order valence-electron chi connectivity index (χ2n) is 5.90. The molecule has 2 N–H and O–H groups in total. The number of sulfonamides is 1. The second-order valence-corrected chi connectivity index (χ2v) is 7.59. The van der Waals surface area contributed by atoms with Crippen LogP contribution < -0.4 is 14.8 Å². The molecule has 2 aromatic carbocycles. The normalized spacial score (nSPS) is 11.1. The number of non-ortho nitro benzene ring substituents is 1. The van der Waals surface area contributed by atoms with Gasteiger partial charge in [-0.2, -0.15) is 0 Å². The van der Waals surface area contributed by atoms with Gasteiger partial charge in [0, 0.05) is 18.2 Å². The Hall–Kier alpha value is -3.14. The maximum Gasteiger partial charge on any atom is 0.271 e. The molecule has 0 aromatic heterocycles. The average molecular weight is 393 g/mol. The van der Waals surface area contributed by atoms with Gasteiger partial charge < -0.3 is 10.1 Å². The number of rotatable bonds is 7. The Labute approximate surface area is 156 Å². The van der Waals surface area contributed by atoms with Gasteiger partial charge in [-0.25, -0.2) is 8.42 Å². The predicted molar refractivity (Wildman–Crippen MR) is 99.5 cm³/mol. The first-order valence-corrected chi connectivity index (χ1v) is 9.38. The number of ether oxygens (including phenoxy) is 1. The van der Waals surface area contributed by atoms with E-state index in [1.54, 1.807) is 13.8 Å². The summed E-state index contributed by atoms with van der Waals surface area (Å²) >= 11 is 0. The first-order valence-electron chi connectivity index (χ1n) is 7.90. The van der Waals surface area contributed by atoms with E-state index in [4.69, 9.17) is 4.74 Å². The van der Waals surface area contributed by atoms with E-state index in [0.29, 0.717) is 0 Å². The molecule has 2 rings (SSSR count). The van der Waals surface area contributed by atoms with Gasteiger partial charge >= 0.3 is 0 Å². The van der Waals surface area contributed by atoms with Crippen LogP contribution in [0.4, 0.5) is 11.4 Å². The maximum absolute atomic E-state index is 12.6. The van der Waals surface area contributed by atoms with Crippen LogP contribution in [0.1, 0.15) is 24.2 Å². The highest BCUT2D eigenvalue weighted by Crippen LogP contribution is 2.25. The van der Waals surface area contributed by atoms with E-state index in [-0.39, 0.29) is 33.6 Å². The number of benzene rings is 2. The number of carbonyl (C=O) groups is 1. The van der Waals surface area contributed by atoms with Crippen molar-refractivity contribution in [2.24, 2.45) is 0 Å². The predicted octanol–water partition coefficient (Wildman–Crippen LogP) is 2.54. The van der Waals surface area contributed by atoms with Gasteiger partial charge in [-0.05, 0) is 38.1 Å². The SMILES string of the molecule is COc1ccc(S(=O)(=O)Nc2cccc([N+](=O)[O-])c2)cc1C(=O)NC(C)C. The highest BCUT2D eigenvalue weighted by atomic mass is 32.2. The molecule has 10 heteroatoms. The number of nitrogens with zero attached hydrogens (tertiary/aromatic N) is 1. The van der Waals surface area contributed by atoms with Gasteiger partial charge in [0.25, 0.3) is 21.6 Å². The van der Waals surface area contributed by atoms with E-state index < -0.39 is 20.9 Å². The first kappa shape index (κ1) is 20.2. The van der Waals surface area contributed by atoms with Crippen LogP contribution in [0.25, 0.3) is 0 Å². The van der Waals surface area contributed by atoms with E-state index in [0.717, 1.165) is 6.07 Å². The molecule has 0 atom stereocenters. The standard InChI is InChI=1S/C17H19N3O6S/c1-11(2)18-17(21)15-10-14(7-8-16(15)26-3)27(24,25)19-12-5-4-6-13(9-12)20(22)23/h4-11,19H,1-3H3,(H,18,21). The number of carbonyl (C=O) groups excluding carboxylic acids is 1. The lowest BCUT2D eigenvalue weighted by atomic mass is 10.2. The smallest absolute Gasteiger partial charge is 0.271 e. The minimum Gasteiger partial charge on any atom is -0.496 e. The molecule has 27 heavy (non-hydrogen) atoms. The molecule has 0 radical (unpaired) electrons. The second kappa shape index (κ2) is 8.04. The Bertz CT molecular complexity index is 972. The summed E-state index contributed by atoms with van der Waals surface area (Å²) in [5, 5.41) is 13.5. The van der Waals surface area contributed by atoms with Crippen molar-refractivity contribution in [1.29, 1.82) is 0 Å². The molecule has 9 nitrogen and oxygen atoms in total. The van der Waals surface area contributed by atoms with Crippen LogP contribution in [0, 0.1) is 10.1 Å². The highest BCUT2D eigenvalue weighted by molar-refractivity contribution is 7.92. The topological polar surface area (TPSA) is 128 Å². The Balaban J connectivity index is 2.39. The number of hydrogen-bond acceptors (Lipinski definition) is 6. The molecule has 0 saturated carbocycles. The van der Waals surface area contributed by atoms with Gasteiger partial charge in [0.05, 0.1) is 28.2 Å². The summed E-state index contributed by atoms with van der Waals surface area (Å²) in [6, 6.07) is 8.81. The molecule has 0 saturated heterocycles. The van der Waals surface area contributed by atoms with Crippen LogP contribution in [0.15, 0.2) is 47.4 Å². The van der Waals surface area contributed by atoms with Gasteiger partial charge in [0.15, 0.2) is 0 Å². The van der Waals surface area contributed by atoms with E-state index in [1.807, 2.05) is 0 Å². The molecule has 0 fully saturated rings. The molecule has 0 heterocycles. The molecule has 0 aliphatic rings. The third-order valence-electron chi connectivity index (χ3n) is 3.45. The third kappa shape index (κ3) is 4.94. The van der Waals surface area contributed by atoms with Crippen molar-refractivity contribution in [1.82, 2.24) is 5.32 Å². The first-order chi connectivity index (χ1) is 12.6. The summed E-state index contributed by atoms with van der Waals surface area (Å²) < 4.78 is 32.6. The van der Waals surface area contributed by atoms with E-state index in [2.05, 4.69) is 10.0 Å². The molecule has 0 aliphatic carbocycles. The van der Waals surface area contributed by atoms with Gasteiger partial charge in [-0.15, -0.1) is 0 Å². The van der Waals surface area contributed by atoms with Crippen molar-refractivity contribution in [2.45, 2.75) is 24.8 Å². The number of anilines is 1. The van der Waals surface area contributed by atoms with Crippen LogP contribution in [0.5, 0.6) is 5.75 Å². The van der Waals surface area contributed by atoms with Crippen LogP contribution in [0.2, 0.25) is 0 Å². The Morgan fingerprint density at radius 2 is 1.89 bits per heavy atom. The van der Waals surface area contributed by atoms with Crippen molar-refractivity contribution in [3.05, 3.63) is 58.1 Å². The molecule has 0 spiro atoms. The van der Waals surface area contributed by atoms with Crippen molar-refractivity contribution in [2.75, 3.05) is 11.8 Å². The zero-order chi connectivity index (χ0) is 20.2. The zero-order valence-corrected chi connectivity index (χ0v) is 15.7. The third-order valence-corrected chi connectivity index (χ3v) is 4.83. The maximum atomic E-state index is 12.6. The van der Waals surface area contributed by atoms with Crippen molar-refractivity contribution in [3.8, 4) is 5.75 Å². The highest BCUT2D eigenvalue weighted by Gasteiger charge is 2.21. The molecule has 0 aliphatic heterocycles. The minimum absolute atomic E-state index is 0.0354. The molecule has 2 aromatic rings. The Morgan fingerprint density at radius 3 is 2.48 bits per heavy atom. The Kier molecular flexibility index (Phi) is 6.01. The van der Waals surface area contributed by atoms with Crippen LogP contribution in [0.3, 0.4) is 0 Å². The van der Waals surface area contributed by atoms with E-state index >= 15 is 0 Å². The number of nitro benzene ring substituents is 1. The fourth-order valence-electron chi connectivity index (χ4n) is 2.27. The lowest BCUT2D eigenvalue weighted by Crippen LogP contribution is -2.30. The quantitative estimate of drug-likeness (QED) is 0.550. The number of hydrogen-bond donors (Lipinski definition) is 2. The summed E-state index contributed by atoms with van der Waals surface area (Å²) in [5.74, 6) is -0.253. The molecular weight excluding hydrogens is 374 g/mol. The summed E-state index contributed by atoms with van der Waals surface area (Å²) in [7, 11) is -2.70. The van der Waals surface area contributed by atoms with Crippen LogP contribution in [-0.2, 0) is 10.0 Å². The van der Waals surface area contributed by atoms with Crippen LogP contribution in [-0.4, -0.2) is 32.4 Å². The van der Waals surface area contributed by atoms with E-state index in [1.165, 1.54) is 43.5 Å². The molecule has 1 amide bonds. The van der Waals surface area contributed by atoms with Gasteiger partial charge in [0.2, 0.25) is 0 Å². The van der Waals surface area contributed by atoms with Gasteiger partial charge in [0.1, 0.15) is 5.75 Å². The number of nitro groups is 1. The fourth-order valence-corrected chi connectivity index (χ4v) is 3.34. The van der Waals surface area contributed by atoms with Gasteiger partial charge in [-0.1, -0.05) is 6.07 Å². The number of amides is 1. The monoisotopic (exact) mass is 393 g/mol. The average Bonchev–Trinajstić information content (AvgIpc) is 2.60. The molecule has 0 unspecified atom stereocenters. The molecule has 0 bridgehead atoms. The largest absolute Gasteiger partial charge is 0.496 e. The molecular formula is C17H19N3O6S. The van der Waals surface area contributed by atoms with Crippen molar-refractivity contribution >= 4 is 27.3 Å². The van der Waals surface area contributed by atoms with Crippen LogP contribution >= 0.6 is 0 Å². The summed E-state index contributed by atoms with van der Waals surface area (Å²) in [6.45, 7) is 3.55. The lowest BCUT2D eigenvalue weighted by molar-refractivity contribution is -0.384. The number of methoxy groups -OCH3 is 1. The summed E-state index contributed by atoms with van der Waals surface area (Å²) in [5.41, 5.74) is -0.150.